The summed E-state index contributed by atoms with van der Waals surface area (Å²) in [5, 5.41) is 12.4. The fourth-order valence-corrected chi connectivity index (χ4v) is 4.44. The molecule has 2 atom stereocenters. The van der Waals surface area contributed by atoms with Crippen molar-refractivity contribution in [3.05, 3.63) is 24.3 Å². The molecule has 148 valence electrons. The third-order valence-corrected chi connectivity index (χ3v) is 6.07. The lowest BCUT2D eigenvalue weighted by Gasteiger charge is -2.31. The minimum atomic E-state index is -0.0970. The molecular weight excluding hydrogens is 372 g/mol. The molecule has 1 aromatic carbocycles. The Bertz CT molecular complexity index is 841. The van der Waals surface area contributed by atoms with E-state index in [1.165, 1.54) is 31.0 Å². The zero-order valence-corrected chi connectivity index (χ0v) is 17.2. The number of ether oxygens (including phenoxy) is 1. The fourth-order valence-electron chi connectivity index (χ4n) is 3.62. The highest BCUT2D eigenvalue weighted by Crippen LogP contribution is 2.39. The molecule has 6 nitrogen and oxygen atoms in total. The van der Waals surface area contributed by atoms with Crippen molar-refractivity contribution >= 4 is 17.7 Å². The normalized spacial score (nSPS) is 19.0. The number of nitrogens with one attached hydrogen (secondary N) is 1. The molecule has 1 aliphatic rings. The van der Waals surface area contributed by atoms with E-state index in [4.69, 9.17) is 11.2 Å². The minimum Gasteiger partial charge on any atom is -0.497 e. The molecule has 3 rings (SSSR count). The number of aromatic nitrogens is 3. The van der Waals surface area contributed by atoms with Gasteiger partial charge in [-0.25, -0.2) is 0 Å². The summed E-state index contributed by atoms with van der Waals surface area (Å²) >= 11 is 1.41. The van der Waals surface area contributed by atoms with Crippen LogP contribution in [-0.2, 0) is 4.79 Å². The summed E-state index contributed by atoms with van der Waals surface area (Å²) in [4.78, 5) is 12.0. The first-order valence-electron chi connectivity index (χ1n) is 9.56. The van der Waals surface area contributed by atoms with Gasteiger partial charge in [0.2, 0.25) is 5.91 Å². The first-order chi connectivity index (χ1) is 13.6. The monoisotopic (exact) mass is 398 g/mol. The van der Waals surface area contributed by atoms with Gasteiger partial charge < -0.3 is 10.1 Å². The van der Waals surface area contributed by atoms with E-state index >= 15 is 0 Å². The van der Waals surface area contributed by atoms with Crippen molar-refractivity contribution in [1.29, 1.82) is 0 Å². The van der Waals surface area contributed by atoms with Gasteiger partial charge in [-0.2, -0.15) is 0 Å². The highest BCUT2D eigenvalue weighted by Gasteiger charge is 2.28. The molecule has 0 bridgehead atoms. The van der Waals surface area contributed by atoms with Crippen molar-refractivity contribution in [3.63, 3.8) is 0 Å². The van der Waals surface area contributed by atoms with Crippen LogP contribution in [-0.4, -0.2) is 40.1 Å². The zero-order valence-electron chi connectivity index (χ0n) is 16.4. The van der Waals surface area contributed by atoms with Crippen LogP contribution in [0, 0.1) is 18.3 Å². The van der Waals surface area contributed by atoms with Gasteiger partial charge in [0.25, 0.3) is 0 Å². The molecule has 7 heteroatoms. The molecule has 1 amide bonds. The van der Waals surface area contributed by atoms with Crippen molar-refractivity contribution in [2.75, 3.05) is 19.4 Å². The number of amides is 1. The first-order valence-corrected chi connectivity index (χ1v) is 10.5. The second-order valence-electron chi connectivity index (χ2n) is 7.00. The third kappa shape index (κ3) is 4.68. The van der Waals surface area contributed by atoms with Gasteiger partial charge in [-0.15, -0.1) is 16.6 Å². The average Bonchev–Trinajstić information content (AvgIpc) is 3.14. The van der Waals surface area contributed by atoms with Crippen LogP contribution in [0.15, 0.2) is 29.4 Å². The molecule has 0 unspecified atom stereocenters. The topological polar surface area (TPSA) is 69.0 Å². The fraction of sp³-hybridized carbons (Fsp3) is 0.476. The summed E-state index contributed by atoms with van der Waals surface area (Å²) in [5.74, 6) is 4.77. The van der Waals surface area contributed by atoms with Crippen molar-refractivity contribution < 1.29 is 9.53 Å². The summed E-state index contributed by atoms with van der Waals surface area (Å²) < 4.78 is 7.49. The number of benzene rings is 1. The Labute approximate surface area is 170 Å². The minimum absolute atomic E-state index is 0.0970. The maximum atomic E-state index is 12.0. The van der Waals surface area contributed by atoms with Crippen LogP contribution in [0.2, 0.25) is 0 Å². The molecule has 0 aliphatic heterocycles. The van der Waals surface area contributed by atoms with E-state index < -0.39 is 0 Å². The number of nitrogens with zero attached hydrogens (tertiary/aromatic N) is 3. The highest BCUT2D eigenvalue weighted by molar-refractivity contribution is 7.99. The van der Waals surface area contributed by atoms with Gasteiger partial charge in [-0.3, -0.25) is 9.36 Å². The summed E-state index contributed by atoms with van der Waals surface area (Å²) in [7, 11) is 1.65. The van der Waals surface area contributed by atoms with E-state index in [2.05, 4.69) is 32.9 Å². The Morgan fingerprint density at radius 3 is 2.75 bits per heavy atom. The number of hydrogen-bond acceptors (Lipinski definition) is 5. The Kier molecular flexibility index (Phi) is 6.99. The Morgan fingerprint density at radius 1 is 1.32 bits per heavy atom. The SMILES string of the molecule is C#CCNC(=O)CSc1nnc(-c2ccc(OC)cc2)n1[C@H]1CCCC[C@H]1C. The molecule has 1 aliphatic carbocycles. The van der Waals surface area contributed by atoms with Crippen molar-refractivity contribution in [3.8, 4) is 29.5 Å². The van der Waals surface area contributed by atoms with Crippen LogP contribution in [0.25, 0.3) is 11.4 Å². The molecule has 1 aromatic heterocycles. The number of rotatable bonds is 7. The van der Waals surface area contributed by atoms with Crippen molar-refractivity contribution in [1.82, 2.24) is 20.1 Å². The van der Waals surface area contributed by atoms with Gasteiger partial charge in [0.15, 0.2) is 11.0 Å². The van der Waals surface area contributed by atoms with Crippen LogP contribution in [0.5, 0.6) is 5.75 Å². The largest absolute Gasteiger partial charge is 0.497 e. The molecule has 1 heterocycles. The highest BCUT2D eigenvalue weighted by atomic mass is 32.2. The van der Waals surface area contributed by atoms with Gasteiger partial charge in [0, 0.05) is 11.6 Å². The molecule has 2 aromatic rings. The van der Waals surface area contributed by atoms with E-state index in [0.717, 1.165) is 28.7 Å². The molecule has 1 saturated carbocycles. The lowest BCUT2D eigenvalue weighted by Crippen LogP contribution is -2.26. The quantitative estimate of drug-likeness (QED) is 0.571. The van der Waals surface area contributed by atoms with Gasteiger partial charge in [0.05, 0.1) is 19.4 Å². The number of thioether (sulfide) groups is 1. The van der Waals surface area contributed by atoms with Crippen LogP contribution in [0.4, 0.5) is 0 Å². The second-order valence-corrected chi connectivity index (χ2v) is 7.95. The van der Waals surface area contributed by atoms with Crippen molar-refractivity contribution in [2.45, 2.75) is 43.8 Å². The Hall–Kier alpha value is -2.46. The predicted molar refractivity (Wildman–Crippen MR) is 111 cm³/mol. The zero-order chi connectivity index (χ0) is 19.9. The number of hydrogen-bond donors (Lipinski definition) is 1. The smallest absolute Gasteiger partial charge is 0.231 e. The van der Waals surface area contributed by atoms with Crippen LogP contribution >= 0.6 is 11.8 Å². The molecule has 28 heavy (non-hydrogen) atoms. The van der Waals surface area contributed by atoms with Crippen LogP contribution in [0.3, 0.4) is 0 Å². The number of carbonyl (C=O) groups is 1. The van der Waals surface area contributed by atoms with Gasteiger partial charge in [0.1, 0.15) is 5.75 Å². The molecule has 1 N–H and O–H groups in total. The maximum Gasteiger partial charge on any atom is 0.231 e. The molecule has 1 fully saturated rings. The van der Waals surface area contributed by atoms with Gasteiger partial charge in [-0.05, 0) is 43.0 Å². The number of terminal acetylenes is 1. The third-order valence-electron chi connectivity index (χ3n) is 5.13. The standard InChI is InChI=1S/C21H26N4O2S/c1-4-13-22-19(26)14-28-21-24-23-20(16-9-11-17(27-3)12-10-16)25(21)18-8-6-5-7-15(18)2/h1,9-12,15,18H,5-8,13-14H2,2-3H3,(H,22,26)/t15-,18+/m1/s1. The van der Waals surface area contributed by atoms with Gasteiger partial charge in [-0.1, -0.05) is 37.4 Å². The maximum absolute atomic E-state index is 12.0. The second kappa shape index (κ2) is 9.65. The summed E-state index contributed by atoms with van der Waals surface area (Å²) in [5.41, 5.74) is 0.995. The molecule has 0 saturated heterocycles. The summed E-state index contributed by atoms with van der Waals surface area (Å²) in [6.07, 6.45) is 9.95. The average molecular weight is 399 g/mol. The summed E-state index contributed by atoms with van der Waals surface area (Å²) in [6, 6.07) is 8.19. The van der Waals surface area contributed by atoms with E-state index in [-0.39, 0.29) is 18.2 Å². The lowest BCUT2D eigenvalue weighted by molar-refractivity contribution is -0.118. The molecule has 0 spiro atoms. The first kappa shape index (κ1) is 20.3. The van der Waals surface area contributed by atoms with Gasteiger partial charge >= 0.3 is 0 Å². The van der Waals surface area contributed by atoms with Crippen LogP contribution in [0.1, 0.15) is 38.6 Å². The van der Waals surface area contributed by atoms with E-state index in [9.17, 15) is 4.79 Å². The molecular formula is C21H26N4O2S. The van der Waals surface area contributed by atoms with E-state index in [1.807, 2.05) is 24.3 Å². The van der Waals surface area contributed by atoms with E-state index in [1.54, 1.807) is 7.11 Å². The predicted octanol–water partition coefficient (Wildman–Crippen LogP) is 3.55. The molecule has 0 radical (unpaired) electrons. The number of carbonyl (C=O) groups excluding carboxylic acids is 1. The van der Waals surface area contributed by atoms with E-state index in [0.29, 0.717) is 12.0 Å². The Morgan fingerprint density at radius 2 is 2.07 bits per heavy atom. The summed E-state index contributed by atoms with van der Waals surface area (Å²) in [6.45, 7) is 2.53. The number of methoxy groups -OCH3 is 1. The lowest BCUT2D eigenvalue weighted by atomic mass is 9.85. The Balaban J connectivity index is 1.89. The van der Waals surface area contributed by atoms with Crippen LogP contribution < -0.4 is 10.1 Å². The van der Waals surface area contributed by atoms with Crippen molar-refractivity contribution in [2.24, 2.45) is 5.92 Å².